The Labute approximate surface area is 159 Å². The lowest BCUT2D eigenvalue weighted by atomic mass is 9.97. The molecule has 0 aromatic heterocycles. The molecule has 0 spiro atoms. The summed E-state index contributed by atoms with van der Waals surface area (Å²) in [5, 5.41) is 3.76. The van der Waals surface area contributed by atoms with E-state index in [0.717, 1.165) is 26.1 Å². The van der Waals surface area contributed by atoms with Gasteiger partial charge in [0.2, 0.25) is 0 Å². The van der Waals surface area contributed by atoms with Crippen LogP contribution in [0.2, 0.25) is 0 Å². The molecule has 2 nitrogen and oxygen atoms in total. The molecule has 0 bridgehead atoms. The summed E-state index contributed by atoms with van der Waals surface area (Å²) in [6, 6.07) is 17.8. The van der Waals surface area contributed by atoms with Crippen molar-refractivity contribution >= 4 is 5.69 Å². The minimum atomic E-state index is 0.330. The van der Waals surface area contributed by atoms with E-state index in [4.69, 9.17) is 0 Å². The lowest BCUT2D eigenvalue weighted by Gasteiger charge is -2.27. The summed E-state index contributed by atoms with van der Waals surface area (Å²) < 4.78 is 0. The molecule has 0 radical (unpaired) electrons. The van der Waals surface area contributed by atoms with Crippen molar-refractivity contribution in [1.29, 1.82) is 0 Å². The third-order valence-corrected chi connectivity index (χ3v) is 4.88. The molecule has 2 rings (SSSR count). The van der Waals surface area contributed by atoms with Crippen molar-refractivity contribution < 1.29 is 0 Å². The van der Waals surface area contributed by atoms with Crippen LogP contribution >= 0.6 is 0 Å². The third-order valence-electron chi connectivity index (χ3n) is 4.88. The smallest absolute Gasteiger partial charge is 0.0366 e. The van der Waals surface area contributed by atoms with Crippen LogP contribution in [0.5, 0.6) is 0 Å². The van der Waals surface area contributed by atoms with Crippen molar-refractivity contribution in [3.63, 3.8) is 0 Å². The number of hydrogen-bond donors (Lipinski definition) is 1. The summed E-state index contributed by atoms with van der Waals surface area (Å²) in [5.74, 6) is 0. The van der Waals surface area contributed by atoms with Crippen LogP contribution in [0, 0.1) is 13.8 Å². The maximum atomic E-state index is 3.95. The van der Waals surface area contributed by atoms with E-state index in [2.05, 4.69) is 86.1 Å². The molecule has 0 saturated heterocycles. The zero-order chi connectivity index (χ0) is 18.8. The second-order valence-electron chi connectivity index (χ2n) is 7.07. The predicted octanol–water partition coefficient (Wildman–Crippen LogP) is 5.82. The van der Waals surface area contributed by atoms with E-state index in [1.807, 2.05) is 6.08 Å². The van der Waals surface area contributed by atoms with E-state index in [1.54, 1.807) is 0 Å². The van der Waals surface area contributed by atoms with Crippen LogP contribution in [0.15, 0.2) is 61.2 Å². The number of para-hydroxylation sites is 1. The van der Waals surface area contributed by atoms with Crippen LogP contribution < -0.4 is 10.2 Å². The standard InChI is InChI=1S/C24H34N2/c1-5-7-17-26(22-12-9-8-10-13-22)18-16-25-24(11-6-2)23-15-14-20(3)19-21(23)4/h6,8-10,12-15,19,24-25H,2,5,7,11,16-18H2,1,3-4H3. The van der Waals surface area contributed by atoms with Gasteiger partial charge in [-0.05, 0) is 49.9 Å². The molecule has 0 heterocycles. The number of rotatable bonds is 11. The highest BCUT2D eigenvalue weighted by Gasteiger charge is 2.13. The van der Waals surface area contributed by atoms with Gasteiger partial charge in [0, 0.05) is 31.4 Å². The fourth-order valence-corrected chi connectivity index (χ4v) is 3.44. The van der Waals surface area contributed by atoms with E-state index in [1.165, 1.54) is 35.2 Å². The Balaban J connectivity index is 2.01. The molecule has 0 aliphatic rings. The average Bonchev–Trinajstić information content (AvgIpc) is 2.64. The molecule has 0 saturated carbocycles. The van der Waals surface area contributed by atoms with Gasteiger partial charge in [0.05, 0.1) is 0 Å². The quantitative estimate of drug-likeness (QED) is 0.514. The fourth-order valence-electron chi connectivity index (χ4n) is 3.44. The van der Waals surface area contributed by atoms with Gasteiger partial charge in [-0.3, -0.25) is 0 Å². The Kier molecular flexibility index (Phi) is 8.43. The van der Waals surface area contributed by atoms with E-state index >= 15 is 0 Å². The molecule has 0 fully saturated rings. The highest BCUT2D eigenvalue weighted by Crippen LogP contribution is 2.22. The highest BCUT2D eigenvalue weighted by molar-refractivity contribution is 5.45. The van der Waals surface area contributed by atoms with Gasteiger partial charge in [0.15, 0.2) is 0 Å². The molecular weight excluding hydrogens is 316 g/mol. The lowest BCUT2D eigenvalue weighted by Crippen LogP contribution is -2.34. The zero-order valence-electron chi connectivity index (χ0n) is 16.7. The lowest BCUT2D eigenvalue weighted by molar-refractivity contribution is 0.533. The normalized spacial score (nSPS) is 12.0. The van der Waals surface area contributed by atoms with Crippen LogP contribution in [-0.2, 0) is 0 Å². The van der Waals surface area contributed by atoms with Gasteiger partial charge in [-0.25, -0.2) is 0 Å². The second kappa shape index (κ2) is 10.8. The zero-order valence-corrected chi connectivity index (χ0v) is 16.7. The number of hydrogen-bond acceptors (Lipinski definition) is 2. The molecule has 2 aromatic rings. The van der Waals surface area contributed by atoms with Crippen molar-refractivity contribution in [3.05, 3.63) is 77.9 Å². The van der Waals surface area contributed by atoms with E-state index in [0.29, 0.717) is 6.04 Å². The van der Waals surface area contributed by atoms with E-state index < -0.39 is 0 Å². The molecule has 140 valence electrons. The number of benzene rings is 2. The predicted molar refractivity (Wildman–Crippen MR) is 115 cm³/mol. The fraction of sp³-hybridized carbons (Fsp3) is 0.417. The first-order valence-corrected chi connectivity index (χ1v) is 9.87. The SMILES string of the molecule is C=CCC(NCCN(CCCC)c1ccccc1)c1ccc(C)cc1C. The monoisotopic (exact) mass is 350 g/mol. The molecular formula is C24H34N2. The maximum Gasteiger partial charge on any atom is 0.0366 e. The van der Waals surface area contributed by atoms with Gasteiger partial charge in [-0.1, -0.05) is 61.4 Å². The summed E-state index contributed by atoms with van der Waals surface area (Å²) in [4.78, 5) is 2.49. The van der Waals surface area contributed by atoms with Gasteiger partial charge in [0.1, 0.15) is 0 Å². The second-order valence-corrected chi connectivity index (χ2v) is 7.07. The van der Waals surface area contributed by atoms with Crippen LogP contribution in [0.1, 0.15) is 48.9 Å². The molecule has 1 atom stereocenters. The first kappa shape index (κ1) is 20.3. The number of anilines is 1. The van der Waals surface area contributed by atoms with Crippen molar-refractivity contribution in [1.82, 2.24) is 5.32 Å². The van der Waals surface area contributed by atoms with Crippen LogP contribution in [0.25, 0.3) is 0 Å². The van der Waals surface area contributed by atoms with Crippen molar-refractivity contribution in [2.24, 2.45) is 0 Å². The van der Waals surface area contributed by atoms with Gasteiger partial charge in [-0.2, -0.15) is 0 Å². The summed E-state index contributed by atoms with van der Waals surface area (Å²) in [7, 11) is 0. The highest BCUT2D eigenvalue weighted by atomic mass is 15.1. The Morgan fingerprint density at radius 3 is 2.50 bits per heavy atom. The summed E-state index contributed by atoms with van der Waals surface area (Å²) in [5.41, 5.74) is 5.37. The number of nitrogens with zero attached hydrogens (tertiary/aromatic N) is 1. The molecule has 2 aromatic carbocycles. The Hall–Kier alpha value is -2.06. The molecule has 26 heavy (non-hydrogen) atoms. The summed E-state index contributed by atoms with van der Waals surface area (Å²) in [6.45, 7) is 13.7. The Bertz CT molecular complexity index is 663. The van der Waals surface area contributed by atoms with Crippen molar-refractivity contribution in [3.8, 4) is 0 Å². The number of aryl methyl sites for hydroxylation is 2. The number of nitrogens with one attached hydrogen (secondary N) is 1. The van der Waals surface area contributed by atoms with Gasteiger partial charge in [-0.15, -0.1) is 6.58 Å². The number of unbranched alkanes of at least 4 members (excludes halogenated alkanes) is 1. The van der Waals surface area contributed by atoms with Crippen LogP contribution in [-0.4, -0.2) is 19.6 Å². The molecule has 0 aliphatic carbocycles. The van der Waals surface area contributed by atoms with Crippen molar-refractivity contribution in [2.75, 3.05) is 24.5 Å². The minimum absolute atomic E-state index is 0.330. The molecule has 0 amide bonds. The molecule has 1 N–H and O–H groups in total. The Morgan fingerprint density at radius 2 is 1.85 bits per heavy atom. The molecule has 2 heteroatoms. The minimum Gasteiger partial charge on any atom is -0.370 e. The van der Waals surface area contributed by atoms with Crippen LogP contribution in [0.3, 0.4) is 0 Å². The van der Waals surface area contributed by atoms with Gasteiger partial charge >= 0.3 is 0 Å². The van der Waals surface area contributed by atoms with E-state index in [9.17, 15) is 0 Å². The topological polar surface area (TPSA) is 15.3 Å². The molecule has 0 aliphatic heterocycles. The maximum absolute atomic E-state index is 3.95. The van der Waals surface area contributed by atoms with Gasteiger partial charge in [0.25, 0.3) is 0 Å². The average molecular weight is 351 g/mol. The molecule has 1 unspecified atom stereocenters. The first-order chi connectivity index (χ1) is 12.7. The first-order valence-electron chi connectivity index (χ1n) is 9.87. The summed E-state index contributed by atoms with van der Waals surface area (Å²) >= 11 is 0. The van der Waals surface area contributed by atoms with Gasteiger partial charge < -0.3 is 10.2 Å². The van der Waals surface area contributed by atoms with E-state index in [-0.39, 0.29) is 0 Å². The third kappa shape index (κ3) is 6.03. The largest absolute Gasteiger partial charge is 0.370 e. The summed E-state index contributed by atoms with van der Waals surface area (Å²) in [6.07, 6.45) is 5.41. The van der Waals surface area contributed by atoms with Crippen LogP contribution in [0.4, 0.5) is 5.69 Å². The van der Waals surface area contributed by atoms with Crippen molar-refractivity contribution in [2.45, 2.75) is 46.1 Å². The Morgan fingerprint density at radius 1 is 1.08 bits per heavy atom.